The van der Waals surface area contributed by atoms with Gasteiger partial charge in [0.2, 0.25) is 11.8 Å². The Labute approximate surface area is 162 Å². The SMILES string of the molecule is O=C1CCC(N2C(=O)c3ccc(N4CC[C@@H]5CNC[C@@H]5C4)cc3C2=O)C(=O)N1. The summed E-state index contributed by atoms with van der Waals surface area (Å²) in [6.45, 7) is 3.97. The number of amides is 4. The van der Waals surface area contributed by atoms with Gasteiger partial charge in [-0.25, -0.2) is 0 Å². The Bertz CT molecular complexity index is 898. The molecular formula is C20H22N4O4. The van der Waals surface area contributed by atoms with Gasteiger partial charge in [0.25, 0.3) is 11.8 Å². The van der Waals surface area contributed by atoms with Crippen LogP contribution in [0.3, 0.4) is 0 Å². The molecule has 28 heavy (non-hydrogen) atoms. The van der Waals surface area contributed by atoms with Gasteiger partial charge in [-0.15, -0.1) is 0 Å². The molecule has 146 valence electrons. The maximum absolute atomic E-state index is 13.0. The number of carbonyl (C=O) groups is 4. The normalized spacial score (nSPS) is 29.8. The van der Waals surface area contributed by atoms with Crippen LogP contribution in [0.15, 0.2) is 18.2 Å². The van der Waals surface area contributed by atoms with Crippen LogP contribution in [0, 0.1) is 11.8 Å². The third kappa shape index (κ3) is 2.63. The average Bonchev–Trinajstić information content (AvgIpc) is 3.25. The van der Waals surface area contributed by atoms with E-state index in [1.807, 2.05) is 6.07 Å². The fourth-order valence-corrected chi connectivity index (χ4v) is 4.93. The molecule has 4 amide bonds. The standard InChI is InChI=1S/C20H22N4O4/c25-17-4-3-16(18(26)22-17)24-19(27)14-2-1-13(7-15(14)20(24)28)23-6-5-11-8-21-9-12(11)10-23/h1-2,7,11-12,16,21H,3-6,8-10H2,(H,22,25,26)/t11-,12-,16?/m1/s1. The molecule has 5 rings (SSSR count). The number of hydrogen-bond donors (Lipinski definition) is 2. The van der Waals surface area contributed by atoms with E-state index in [1.54, 1.807) is 12.1 Å². The molecule has 0 bridgehead atoms. The van der Waals surface area contributed by atoms with E-state index in [2.05, 4.69) is 15.5 Å². The average molecular weight is 382 g/mol. The molecule has 0 radical (unpaired) electrons. The van der Waals surface area contributed by atoms with Gasteiger partial charge in [-0.05, 0) is 56.0 Å². The highest BCUT2D eigenvalue weighted by atomic mass is 16.2. The number of imide groups is 2. The van der Waals surface area contributed by atoms with Gasteiger partial charge in [-0.2, -0.15) is 0 Å². The molecule has 4 aliphatic heterocycles. The molecular weight excluding hydrogens is 360 g/mol. The van der Waals surface area contributed by atoms with Crippen LogP contribution >= 0.6 is 0 Å². The predicted octanol–water partition coefficient (Wildman–Crippen LogP) is 0.134. The van der Waals surface area contributed by atoms with Gasteiger partial charge >= 0.3 is 0 Å². The fourth-order valence-electron chi connectivity index (χ4n) is 4.93. The lowest BCUT2D eigenvalue weighted by Gasteiger charge is -2.36. The number of rotatable bonds is 2. The molecule has 2 N–H and O–H groups in total. The van der Waals surface area contributed by atoms with Gasteiger partial charge in [-0.1, -0.05) is 0 Å². The van der Waals surface area contributed by atoms with Crippen molar-refractivity contribution in [2.45, 2.75) is 25.3 Å². The van der Waals surface area contributed by atoms with Crippen molar-refractivity contribution in [3.8, 4) is 0 Å². The van der Waals surface area contributed by atoms with Crippen molar-refractivity contribution in [1.82, 2.24) is 15.5 Å². The Morgan fingerprint density at radius 3 is 2.54 bits per heavy atom. The van der Waals surface area contributed by atoms with Crippen molar-refractivity contribution in [2.24, 2.45) is 11.8 Å². The minimum Gasteiger partial charge on any atom is -0.371 e. The van der Waals surface area contributed by atoms with E-state index in [9.17, 15) is 19.2 Å². The van der Waals surface area contributed by atoms with E-state index < -0.39 is 23.8 Å². The lowest BCUT2D eigenvalue weighted by Crippen LogP contribution is -2.54. The maximum atomic E-state index is 13.0. The molecule has 3 fully saturated rings. The van der Waals surface area contributed by atoms with Crippen molar-refractivity contribution in [3.05, 3.63) is 29.3 Å². The maximum Gasteiger partial charge on any atom is 0.262 e. The first-order chi connectivity index (χ1) is 13.5. The summed E-state index contributed by atoms with van der Waals surface area (Å²) in [5, 5.41) is 5.67. The number of nitrogens with zero attached hydrogens (tertiary/aromatic N) is 2. The van der Waals surface area contributed by atoms with E-state index in [0.717, 1.165) is 49.1 Å². The van der Waals surface area contributed by atoms with E-state index in [-0.39, 0.29) is 18.7 Å². The molecule has 8 heteroatoms. The number of piperidine rings is 2. The van der Waals surface area contributed by atoms with Gasteiger partial charge in [-0.3, -0.25) is 29.4 Å². The van der Waals surface area contributed by atoms with Gasteiger partial charge in [0.15, 0.2) is 0 Å². The smallest absolute Gasteiger partial charge is 0.262 e. The largest absolute Gasteiger partial charge is 0.371 e. The van der Waals surface area contributed by atoms with E-state index >= 15 is 0 Å². The van der Waals surface area contributed by atoms with Crippen LogP contribution < -0.4 is 15.5 Å². The van der Waals surface area contributed by atoms with Crippen molar-refractivity contribution in [3.63, 3.8) is 0 Å². The Balaban J connectivity index is 1.40. The van der Waals surface area contributed by atoms with Crippen LogP contribution in [0.2, 0.25) is 0 Å². The highest BCUT2D eigenvalue weighted by Gasteiger charge is 2.45. The summed E-state index contributed by atoms with van der Waals surface area (Å²) in [5.74, 6) is -0.531. The Kier molecular flexibility index (Phi) is 3.97. The van der Waals surface area contributed by atoms with Gasteiger partial charge in [0.05, 0.1) is 11.1 Å². The van der Waals surface area contributed by atoms with Crippen molar-refractivity contribution >= 4 is 29.3 Å². The molecule has 4 heterocycles. The highest BCUT2D eigenvalue weighted by Crippen LogP contribution is 2.34. The van der Waals surface area contributed by atoms with E-state index in [1.165, 1.54) is 0 Å². The number of fused-ring (bicyclic) bond motifs is 2. The number of benzene rings is 1. The highest BCUT2D eigenvalue weighted by molar-refractivity contribution is 6.23. The number of carbonyl (C=O) groups excluding carboxylic acids is 4. The molecule has 3 saturated heterocycles. The summed E-state index contributed by atoms with van der Waals surface area (Å²) in [6.07, 6.45) is 1.41. The van der Waals surface area contributed by atoms with Crippen LogP contribution in [0.1, 0.15) is 40.0 Å². The minimum atomic E-state index is -0.922. The predicted molar refractivity (Wildman–Crippen MR) is 99.8 cm³/mol. The quantitative estimate of drug-likeness (QED) is 0.706. The molecule has 1 aromatic rings. The summed E-state index contributed by atoms with van der Waals surface area (Å²) in [6, 6.07) is 4.44. The summed E-state index contributed by atoms with van der Waals surface area (Å²) in [5.41, 5.74) is 1.62. The van der Waals surface area contributed by atoms with Crippen molar-refractivity contribution in [1.29, 1.82) is 0 Å². The van der Waals surface area contributed by atoms with Crippen LogP contribution in [0.5, 0.6) is 0 Å². The first kappa shape index (κ1) is 17.4. The van der Waals surface area contributed by atoms with Gasteiger partial charge in [0.1, 0.15) is 6.04 Å². The number of nitrogens with one attached hydrogen (secondary N) is 2. The number of anilines is 1. The third-order valence-corrected chi connectivity index (χ3v) is 6.49. The summed E-state index contributed by atoms with van der Waals surface area (Å²) in [4.78, 5) is 52.6. The summed E-state index contributed by atoms with van der Waals surface area (Å²) < 4.78 is 0. The van der Waals surface area contributed by atoms with Crippen molar-refractivity contribution < 1.29 is 19.2 Å². The molecule has 0 spiro atoms. The summed E-state index contributed by atoms with van der Waals surface area (Å²) >= 11 is 0. The second-order valence-electron chi connectivity index (χ2n) is 8.09. The monoisotopic (exact) mass is 382 g/mol. The third-order valence-electron chi connectivity index (χ3n) is 6.49. The molecule has 8 nitrogen and oxygen atoms in total. The lowest BCUT2D eigenvalue weighted by atomic mass is 9.88. The molecule has 1 aromatic carbocycles. The number of hydrogen-bond acceptors (Lipinski definition) is 6. The van der Waals surface area contributed by atoms with Gasteiger partial charge < -0.3 is 10.2 Å². The van der Waals surface area contributed by atoms with Crippen LogP contribution in [0.4, 0.5) is 5.69 Å². The topological polar surface area (TPSA) is 98.8 Å². The molecule has 0 saturated carbocycles. The van der Waals surface area contributed by atoms with Crippen LogP contribution in [-0.4, -0.2) is 60.7 Å². The molecule has 4 aliphatic rings. The second-order valence-corrected chi connectivity index (χ2v) is 8.09. The fraction of sp³-hybridized carbons (Fsp3) is 0.500. The second kappa shape index (κ2) is 6.41. The minimum absolute atomic E-state index is 0.124. The molecule has 0 aromatic heterocycles. The molecule has 1 unspecified atom stereocenters. The zero-order valence-electron chi connectivity index (χ0n) is 15.4. The van der Waals surface area contributed by atoms with E-state index in [0.29, 0.717) is 17.0 Å². The summed E-state index contributed by atoms with van der Waals surface area (Å²) in [7, 11) is 0. The first-order valence-corrected chi connectivity index (χ1v) is 9.84. The molecule has 0 aliphatic carbocycles. The first-order valence-electron chi connectivity index (χ1n) is 9.84. The lowest BCUT2D eigenvalue weighted by molar-refractivity contribution is -0.136. The zero-order valence-corrected chi connectivity index (χ0v) is 15.4. The Morgan fingerprint density at radius 2 is 1.71 bits per heavy atom. The van der Waals surface area contributed by atoms with Crippen molar-refractivity contribution in [2.75, 3.05) is 31.1 Å². The van der Waals surface area contributed by atoms with Crippen LogP contribution in [0.25, 0.3) is 0 Å². The van der Waals surface area contributed by atoms with Gasteiger partial charge in [0, 0.05) is 25.2 Å². The van der Waals surface area contributed by atoms with Crippen LogP contribution in [-0.2, 0) is 9.59 Å². The Hall–Kier alpha value is -2.74. The Morgan fingerprint density at radius 1 is 0.929 bits per heavy atom. The van der Waals surface area contributed by atoms with E-state index in [4.69, 9.17) is 0 Å². The molecule has 3 atom stereocenters. The zero-order chi connectivity index (χ0) is 19.4.